The van der Waals surface area contributed by atoms with Crippen LogP contribution >= 0.6 is 23.7 Å². The van der Waals surface area contributed by atoms with Gasteiger partial charge in [0.2, 0.25) is 0 Å². The van der Waals surface area contributed by atoms with E-state index in [-0.39, 0.29) is 18.2 Å². The lowest BCUT2D eigenvalue weighted by Crippen LogP contribution is -1.98. The third-order valence-corrected chi connectivity index (χ3v) is 6.34. The molecule has 1 nitrogen and oxygen atoms in total. The third kappa shape index (κ3) is 3.26. The zero-order valence-corrected chi connectivity index (χ0v) is 16.4. The smallest absolute Gasteiger partial charge is 0.125 e. The van der Waals surface area contributed by atoms with Crippen LogP contribution < -0.4 is 0 Å². The number of aromatic nitrogens is 1. The van der Waals surface area contributed by atoms with Gasteiger partial charge in [-0.2, -0.15) is 0 Å². The number of halogens is 2. The summed E-state index contributed by atoms with van der Waals surface area (Å²) >= 11 is 1.84. The fourth-order valence-electron chi connectivity index (χ4n) is 3.87. The number of nitrogens with zero attached hydrogens (tertiary/aromatic N) is 1. The largest absolute Gasteiger partial charge is 0.237 e. The van der Waals surface area contributed by atoms with Gasteiger partial charge < -0.3 is 0 Å². The van der Waals surface area contributed by atoms with Crippen molar-refractivity contribution in [3.05, 3.63) is 76.9 Å². The van der Waals surface area contributed by atoms with Gasteiger partial charge in [-0.05, 0) is 72.7 Å². The minimum atomic E-state index is -0.218. The Hall–Kier alpha value is -2.23. The van der Waals surface area contributed by atoms with Crippen molar-refractivity contribution in [2.45, 2.75) is 25.7 Å². The summed E-state index contributed by atoms with van der Waals surface area (Å²) in [5.74, 6) is -0.218. The first-order valence-corrected chi connectivity index (χ1v) is 9.88. The summed E-state index contributed by atoms with van der Waals surface area (Å²) in [4.78, 5) is 7.56. The Balaban J connectivity index is 0.00000180. The zero-order chi connectivity index (χ0) is 17.5. The SMILES string of the molecule is Cl.Fc1ccc(-c2cc(-c3ccccc3)c3c4c(sc3n2)CCCC4)cc1. The molecular formula is C23H19ClFNS. The van der Waals surface area contributed by atoms with Crippen LogP contribution in [-0.4, -0.2) is 4.98 Å². The second-order valence-electron chi connectivity index (χ2n) is 6.82. The van der Waals surface area contributed by atoms with Gasteiger partial charge >= 0.3 is 0 Å². The molecule has 4 heteroatoms. The van der Waals surface area contributed by atoms with Gasteiger partial charge in [0.05, 0.1) is 5.69 Å². The number of rotatable bonds is 2. The Kier molecular flexibility index (Phi) is 4.98. The molecule has 2 heterocycles. The molecule has 1 aliphatic rings. The van der Waals surface area contributed by atoms with E-state index in [0.29, 0.717) is 0 Å². The fraction of sp³-hybridized carbons (Fsp3) is 0.174. The number of aryl methyl sites for hydroxylation is 2. The molecule has 0 radical (unpaired) electrons. The van der Waals surface area contributed by atoms with Crippen LogP contribution in [-0.2, 0) is 12.8 Å². The molecule has 0 saturated carbocycles. The summed E-state index contributed by atoms with van der Waals surface area (Å²) in [6.45, 7) is 0. The predicted octanol–water partition coefficient (Wildman–Crippen LogP) is 7.07. The third-order valence-electron chi connectivity index (χ3n) is 5.15. The average molecular weight is 396 g/mol. The highest BCUT2D eigenvalue weighted by Gasteiger charge is 2.21. The van der Waals surface area contributed by atoms with E-state index in [1.807, 2.05) is 29.5 Å². The summed E-state index contributed by atoms with van der Waals surface area (Å²) in [5, 5.41) is 1.32. The van der Waals surface area contributed by atoms with E-state index in [4.69, 9.17) is 4.98 Å². The normalized spacial score (nSPS) is 13.2. The summed E-state index contributed by atoms with van der Waals surface area (Å²) in [6, 6.07) is 19.3. The second kappa shape index (κ2) is 7.41. The minimum Gasteiger partial charge on any atom is -0.237 e. The molecule has 0 saturated heterocycles. The molecule has 0 spiro atoms. The molecule has 0 atom stereocenters. The van der Waals surface area contributed by atoms with Crippen molar-refractivity contribution in [2.24, 2.45) is 0 Å². The molecule has 27 heavy (non-hydrogen) atoms. The van der Waals surface area contributed by atoms with E-state index in [2.05, 4.69) is 30.3 Å². The first-order valence-electron chi connectivity index (χ1n) is 9.06. The van der Waals surface area contributed by atoms with Crippen LogP contribution in [0.15, 0.2) is 60.7 Å². The lowest BCUT2D eigenvalue weighted by Gasteiger charge is -2.13. The fourth-order valence-corrected chi connectivity index (χ4v) is 5.16. The van der Waals surface area contributed by atoms with Crippen molar-refractivity contribution in [3.63, 3.8) is 0 Å². The Bertz CT molecular complexity index is 1090. The molecule has 2 aromatic carbocycles. The van der Waals surface area contributed by atoms with Crippen molar-refractivity contribution in [3.8, 4) is 22.4 Å². The number of pyridine rings is 1. The van der Waals surface area contributed by atoms with E-state index in [0.717, 1.165) is 28.9 Å². The van der Waals surface area contributed by atoms with Gasteiger partial charge in [-0.3, -0.25) is 0 Å². The van der Waals surface area contributed by atoms with Gasteiger partial charge in [0, 0.05) is 15.8 Å². The molecule has 0 aliphatic heterocycles. The molecule has 2 aromatic heterocycles. The summed E-state index contributed by atoms with van der Waals surface area (Å²) in [5.41, 5.74) is 5.82. The molecule has 4 aromatic rings. The molecule has 136 valence electrons. The van der Waals surface area contributed by atoms with Gasteiger partial charge in [0.1, 0.15) is 10.6 Å². The molecule has 0 amide bonds. The standard InChI is InChI=1S/C23H18FNS.ClH/c24-17-12-10-16(11-13-17)20-14-19(15-6-2-1-3-7-15)22-18-8-4-5-9-21(18)26-23(22)25-20;/h1-3,6-7,10-14H,4-5,8-9H2;1H. The molecule has 1 aliphatic carbocycles. The zero-order valence-electron chi connectivity index (χ0n) is 14.7. The minimum absolute atomic E-state index is 0. The highest BCUT2D eigenvalue weighted by molar-refractivity contribution is 7.19. The topological polar surface area (TPSA) is 12.9 Å². The van der Waals surface area contributed by atoms with E-state index < -0.39 is 0 Å². The number of fused-ring (bicyclic) bond motifs is 3. The lowest BCUT2D eigenvalue weighted by molar-refractivity contribution is 0.628. The Morgan fingerprint density at radius 2 is 1.59 bits per heavy atom. The Morgan fingerprint density at radius 1 is 0.852 bits per heavy atom. The van der Waals surface area contributed by atoms with Crippen LogP contribution in [0, 0.1) is 5.82 Å². The molecular weight excluding hydrogens is 377 g/mol. The van der Waals surface area contributed by atoms with Crippen LogP contribution in [0.25, 0.3) is 32.6 Å². The first-order chi connectivity index (χ1) is 12.8. The highest BCUT2D eigenvalue weighted by atomic mass is 35.5. The van der Waals surface area contributed by atoms with Crippen molar-refractivity contribution in [1.82, 2.24) is 4.98 Å². The van der Waals surface area contributed by atoms with Crippen molar-refractivity contribution >= 4 is 34.0 Å². The van der Waals surface area contributed by atoms with E-state index >= 15 is 0 Å². The first kappa shape index (κ1) is 18.1. The Labute approximate surface area is 168 Å². The van der Waals surface area contributed by atoms with Crippen LogP contribution in [0.4, 0.5) is 4.39 Å². The second-order valence-corrected chi connectivity index (χ2v) is 7.90. The molecule has 0 unspecified atom stereocenters. The molecule has 0 fully saturated rings. The van der Waals surface area contributed by atoms with E-state index in [1.54, 1.807) is 0 Å². The van der Waals surface area contributed by atoms with Gasteiger partial charge in [-0.25, -0.2) is 9.37 Å². The lowest BCUT2D eigenvalue weighted by atomic mass is 9.92. The summed E-state index contributed by atoms with van der Waals surface area (Å²) in [6.07, 6.45) is 4.83. The predicted molar refractivity (Wildman–Crippen MR) is 114 cm³/mol. The van der Waals surface area contributed by atoms with Crippen LogP contribution in [0.5, 0.6) is 0 Å². The van der Waals surface area contributed by atoms with Gasteiger partial charge in [0.25, 0.3) is 0 Å². The molecule has 0 N–H and O–H groups in total. The average Bonchev–Trinajstić information content (AvgIpc) is 3.07. The maximum absolute atomic E-state index is 13.3. The van der Waals surface area contributed by atoms with Crippen molar-refractivity contribution in [2.75, 3.05) is 0 Å². The number of hydrogen-bond donors (Lipinski definition) is 0. The number of benzene rings is 2. The Morgan fingerprint density at radius 3 is 2.37 bits per heavy atom. The summed E-state index contributed by atoms with van der Waals surface area (Å²) in [7, 11) is 0. The molecule has 5 rings (SSSR count). The van der Waals surface area contributed by atoms with Gasteiger partial charge in [-0.1, -0.05) is 30.3 Å². The monoisotopic (exact) mass is 395 g/mol. The quantitative estimate of drug-likeness (QED) is 0.353. The summed E-state index contributed by atoms with van der Waals surface area (Å²) < 4.78 is 13.3. The van der Waals surface area contributed by atoms with E-state index in [9.17, 15) is 4.39 Å². The number of hydrogen-bond acceptors (Lipinski definition) is 2. The maximum atomic E-state index is 13.3. The van der Waals surface area contributed by atoms with Gasteiger partial charge in [-0.15, -0.1) is 23.7 Å². The van der Waals surface area contributed by atoms with E-state index in [1.165, 1.54) is 51.9 Å². The van der Waals surface area contributed by atoms with Crippen molar-refractivity contribution < 1.29 is 4.39 Å². The highest BCUT2D eigenvalue weighted by Crippen LogP contribution is 2.42. The van der Waals surface area contributed by atoms with Crippen LogP contribution in [0.3, 0.4) is 0 Å². The number of thiophene rings is 1. The molecule has 0 bridgehead atoms. The van der Waals surface area contributed by atoms with Crippen molar-refractivity contribution in [1.29, 1.82) is 0 Å². The van der Waals surface area contributed by atoms with Gasteiger partial charge in [0.15, 0.2) is 0 Å². The van der Waals surface area contributed by atoms with Crippen LogP contribution in [0.1, 0.15) is 23.3 Å². The maximum Gasteiger partial charge on any atom is 0.125 e. The van der Waals surface area contributed by atoms with Crippen LogP contribution in [0.2, 0.25) is 0 Å².